The van der Waals surface area contributed by atoms with Gasteiger partial charge in [0, 0.05) is 13.2 Å². The summed E-state index contributed by atoms with van der Waals surface area (Å²) in [5.74, 6) is 0. The van der Waals surface area contributed by atoms with Crippen molar-refractivity contribution in [2.45, 2.75) is 32.3 Å². The zero-order chi connectivity index (χ0) is 11.9. The van der Waals surface area contributed by atoms with Crippen molar-refractivity contribution in [3.8, 4) is 0 Å². The Labute approximate surface area is 103 Å². The second kappa shape index (κ2) is 6.79. The highest BCUT2D eigenvalue weighted by Crippen LogP contribution is 2.16. The molecule has 2 aliphatic rings. The van der Waals surface area contributed by atoms with Crippen LogP contribution < -0.4 is 0 Å². The fourth-order valence-corrected chi connectivity index (χ4v) is 1.84. The van der Waals surface area contributed by atoms with Gasteiger partial charge in [0.2, 0.25) is 0 Å². The summed E-state index contributed by atoms with van der Waals surface area (Å²) in [6.45, 7) is 3.48. The van der Waals surface area contributed by atoms with Crippen LogP contribution in [0.15, 0.2) is 36.0 Å². The van der Waals surface area contributed by atoms with E-state index >= 15 is 0 Å². The molecule has 0 saturated carbocycles. The molecule has 1 aliphatic carbocycles. The minimum absolute atomic E-state index is 0.0190. The Balaban J connectivity index is 1.86. The van der Waals surface area contributed by atoms with Crippen LogP contribution in [0.4, 0.5) is 0 Å². The average molecular weight is 234 g/mol. The molecule has 0 aromatic rings. The van der Waals surface area contributed by atoms with Gasteiger partial charge in [-0.2, -0.15) is 0 Å². The van der Waals surface area contributed by atoms with Gasteiger partial charge < -0.3 is 14.0 Å². The molecule has 3 nitrogen and oxygen atoms in total. The van der Waals surface area contributed by atoms with Crippen molar-refractivity contribution in [2.24, 2.45) is 0 Å². The first-order valence-corrected chi connectivity index (χ1v) is 6.27. The van der Waals surface area contributed by atoms with Crippen LogP contribution in [0.5, 0.6) is 0 Å². The van der Waals surface area contributed by atoms with E-state index in [1.165, 1.54) is 5.57 Å². The van der Waals surface area contributed by atoms with Crippen molar-refractivity contribution in [3.05, 3.63) is 36.0 Å². The minimum atomic E-state index is -0.510. The number of rotatable bonds is 3. The maximum Gasteiger partial charge on any atom is 0.639 e. The van der Waals surface area contributed by atoms with Crippen molar-refractivity contribution in [3.63, 3.8) is 0 Å². The van der Waals surface area contributed by atoms with E-state index in [-0.39, 0.29) is 6.10 Å². The van der Waals surface area contributed by atoms with Crippen LogP contribution in [0.1, 0.15) is 26.2 Å². The maximum absolute atomic E-state index is 5.79. The Kier molecular flexibility index (Phi) is 5.04. The van der Waals surface area contributed by atoms with Gasteiger partial charge in [0.05, 0.1) is 6.10 Å². The number of hydrogen-bond donors (Lipinski definition) is 0. The van der Waals surface area contributed by atoms with E-state index in [9.17, 15) is 0 Å². The standard InChI is InChI=1S/C13H19BO3/c1-12(13-8-4-2-3-5-9-13)17-14-15-10-6-7-11-16-14/h2-5,8,12H,6-7,9-11H2,1H3. The third-order valence-corrected chi connectivity index (χ3v) is 2.91. The molecule has 2 rings (SSSR count). The lowest BCUT2D eigenvalue weighted by Gasteiger charge is -2.19. The lowest BCUT2D eigenvalue weighted by Crippen LogP contribution is -2.31. The summed E-state index contributed by atoms with van der Waals surface area (Å²) < 4.78 is 16.8. The highest BCUT2D eigenvalue weighted by molar-refractivity contribution is 6.36. The van der Waals surface area contributed by atoms with E-state index in [0.717, 1.165) is 32.5 Å². The predicted molar refractivity (Wildman–Crippen MR) is 68.4 cm³/mol. The summed E-state index contributed by atoms with van der Waals surface area (Å²) in [6.07, 6.45) is 13.4. The van der Waals surface area contributed by atoms with Crippen molar-refractivity contribution in [1.29, 1.82) is 0 Å². The summed E-state index contributed by atoms with van der Waals surface area (Å²) in [5.41, 5.74) is 1.24. The zero-order valence-electron chi connectivity index (χ0n) is 10.3. The first-order chi connectivity index (χ1) is 8.36. The molecular formula is C13H19BO3. The molecule has 0 aromatic heterocycles. The molecule has 0 amide bonds. The van der Waals surface area contributed by atoms with Gasteiger partial charge in [-0.15, -0.1) is 0 Å². The zero-order valence-corrected chi connectivity index (χ0v) is 10.3. The van der Waals surface area contributed by atoms with Crippen LogP contribution in [0.3, 0.4) is 0 Å². The fourth-order valence-electron chi connectivity index (χ4n) is 1.84. The highest BCUT2D eigenvalue weighted by Gasteiger charge is 2.26. The average Bonchev–Trinajstić information content (AvgIpc) is 2.72. The van der Waals surface area contributed by atoms with Gasteiger partial charge in [-0.1, -0.05) is 30.4 Å². The molecule has 17 heavy (non-hydrogen) atoms. The molecular weight excluding hydrogens is 215 g/mol. The molecule has 1 atom stereocenters. The molecule has 1 saturated heterocycles. The van der Waals surface area contributed by atoms with Gasteiger partial charge in [-0.3, -0.25) is 0 Å². The van der Waals surface area contributed by atoms with Crippen LogP contribution >= 0.6 is 0 Å². The molecule has 0 radical (unpaired) electrons. The molecule has 4 heteroatoms. The Morgan fingerprint density at radius 2 is 1.94 bits per heavy atom. The molecule has 0 aromatic carbocycles. The third kappa shape index (κ3) is 4.15. The van der Waals surface area contributed by atoms with Gasteiger partial charge >= 0.3 is 7.32 Å². The summed E-state index contributed by atoms with van der Waals surface area (Å²) in [4.78, 5) is 0. The second-order valence-corrected chi connectivity index (χ2v) is 4.27. The smallest absolute Gasteiger partial charge is 0.386 e. The topological polar surface area (TPSA) is 27.7 Å². The Morgan fingerprint density at radius 3 is 2.71 bits per heavy atom. The van der Waals surface area contributed by atoms with Crippen LogP contribution in [0.2, 0.25) is 0 Å². The summed E-state index contributed by atoms with van der Waals surface area (Å²) in [6, 6.07) is 0. The van der Waals surface area contributed by atoms with E-state index in [1.54, 1.807) is 0 Å². The molecule has 1 aliphatic heterocycles. The van der Waals surface area contributed by atoms with Crippen molar-refractivity contribution >= 4 is 7.32 Å². The van der Waals surface area contributed by atoms with Crippen LogP contribution in [-0.4, -0.2) is 26.6 Å². The van der Waals surface area contributed by atoms with Gasteiger partial charge in [0.15, 0.2) is 0 Å². The normalized spacial score (nSPS) is 22.9. The Bertz CT molecular complexity index is 315. The van der Waals surface area contributed by atoms with E-state index in [0.29, 0.717) is 0 Å². The summed E-state index contributed by atoms with van der Waals surface area (Å²) in [5, 5.41) is 0. The quantitative estimate of drug-likeness (QED) is 0.702. The minimum Gasteiger partial charge on any atom is -0.386 e. The molecule has 1 fully saturated rings. The summed E-state index contributed by atoms with van der Waals surface area (Å²) in [7, 11) is -0.510. The van der Waals surface area contributed by atoms with Crippen LogP contribution in [-0.2, 0) is 14.0 Å². The first kappa shape index (κ1) is 12.6. The lowest BCUT2D eigenvalue weighted by molar-refractivity contribution is 0.0912. The van der Waals surface area contributed by atoms with Gasteiger partial charge in [0.25, 0.3) is 0 Å². The molecule has 0 spiro atoms. The van der Waals surface area contributed by atoms with Gasteiger partial charge in [-0.25, -0.2) is 0 Å². The monoisotopic (exact) mass is 234 g/mol. The van der Waals surface area contributed by atoms with Crippen LogP contribution in [0.25, 0.3) is 0 Å². The van der Waals surface area contributed by atoms with Crippen molar-refractivity contribution < 1.29 is 14.0 Å². The SMILES string of the molecule is CC(OB1OCCCCO1)C1=CC=CC=CC1. The molecule has 92 valence electrons. The summed E-state index contributed by atoms with van der Waals surface area (Å²) >= 11 is 0. The van der Waals surface area contributed by atoms with Crippen LogP contribution in [0, 0.1) is 0 Å². The van der Waals surface area contributed by atoms with E-state index < -0.39 is 7.32 Å². The molecule has 0 bridgehead atoms. The second-order valence-electron chi connectivity index (χ2n) is 4.27. The maximum atomic E-state index is 5.79. The molecule has 1 unspecified atom stereocenters. The lowest BCUT2D eigenvalue weighted by atomic mass is 10.1. The van der Waals surface area contributed by atoms with E-state index in [4.69, 9.17) is 14.0 Å². The number of hydrogen-bond acceptors (Lipinski definition) is 3. The Morgan fingerprint density at radius 1 is 1.18 bits per heavy atom. The molecule has 1 heterocycles. The molecule has 0 N–H and O–H groups in total. The van der Waals surface area contributed by atoms with E-state index in [2.05, 4.69) is 18.2 Å². The van der Waals surface area contributed by atoms with E-state index in [1.807, 2.05) is 19.1 Å². The Hall–Kier alpha value is -0.835. The first-order valence-electron chi connectivity index (χ1n) is 6.27. The van der Waals surface area contributed by atoms with Crippen molar-refractivity contribution in [1.82, 2.24) is 0 Å². The van der Waals surface area contributed by atoms with Gasteiger partial charge in [-0.05, 0) is 31.8 Å². The van der Waals surface area contributed by atoms with Gasteiger partial charge in [0.1, 0.15) is 0 Å². The van der Waals surface area contributed by atoms with Crippen molar-refractivity contribution in [2.75, 3.05) is 13.2 Å². The third-order valence-electron chi connectivity index (χ3n) is 2.91. The largest absolute Gasteiger partial charge is 0.639 e. The highest BCUT2D eigenvalue weighted by atomic mass is 16.7. The number of allylic oxidation sites excluding steroid dienone is 5. The predicted octanol–water partition coefficient (Wildman–Crippen LogP) is 2.65. The fraction of sp³-hybridized carbons (Fsp3) is 0.538.